The second-order valence-corrected chi connectivity index (χ2v) is 6.48. The molecule has 0 amide bonds. The van der Waals surface area contributed by atoms with Crippen LogP contribution in [0.5, 0.6) is 0 Å². The molecule has 0 saturated carbocycles. The third-order valence-electron chi connectivity index (χ3n) is 4.10. The number of aliphatic imine (C=N–C) groups is 1. The van der Waals surface area contributed by atoms with Crippen molar-refractivity contribution in [3.63, 3.8) is 0 Å². The summed E-state index contributed by atoms with van der Waals surface area (Å²) in [6, 6.07) is 9.35. The number of rotatable bonds is 6. The van der Waals surface area contributed by atoms with E-state index in [0.717, 1.165) is 12.1 Å². The number of likely N-dealkylation sites (tertiary alicyclic amines) is 1. The standard InChI is InChI=1S/C18H25ClFN5/c1-12(21)15(16(19)17(22)13-5-3-2-4-6-13)18(23)24-8-10-25-9-7-14(20)11-25/h2-6,14H,7-11,21-22H2,1H3,(H2,23,24)/b15-12?,17-16+. The van der Waals surface area contributed by atoms with E-state index in [2.05, 4.69) is 4.99 Å². The average Bonchev–Trinajstić information content (AvgIpc) is 3.00. The summed E-state index contributed by atoms with van der Waals surface area (Å²) in [4.78, 5) is 6.37. The van der Waals surface area contributed by atoms with Gasteiger partial charge in [-0.1, -0.05) is 41.9 Å². The van der Waals surface area contributed by atoms with Crippen LogP contribution in [0.4, 0.5) is 4.39 Å². The number of amidine groups is 1. The van der Waals surface area contributed by atoms with Gasteiger partial charge in [0.25, 0.3) is 0 Å². The van der Waals surface area contributed by atoms with Crippen LogP contribution in [0, 0.1) is 0 Å². The molecule has 6 N–H and O–H groups in total. The molecule has 7 heteroatoms. The average molecular weight is 366 g/mol. The molecule has 1 aliphatic rings. The summed E-state index contributed by atoms with van der Waals surface area (Å²) < 4.78 is 13.2. The SMILES string of the molecule is CC(N)=C(C(N)=NCCN1CCC(F)C1)/C(Cl)=C(\N)c1ccccc1. The molecule has 136 valence electrons. The third kappa shape index (κ3) is 5.21. The van der Waals surface area contributed by atoms with Gasteiger partial charge in [-0.15, -0.1) is 0 Å². The zero-order chi connectivity index (χ0) is 18.4. The maximum Gasteiger partial charge on any atom is 0.129 e. The smallest absolute Gasteiger partial charge is 0.129 e. The van der Waals surface area contributed by atoms with E-state index in [0.29, 0.717) is 43.0 Å². The summed E-state index contributed by atoms with van der Waals surface area (Å²) in [6.45, 7) is 4.00. The maximum absolute atomic E-state index is 13.2. The lowest BCUT2D eigenvalue weighted by atomic mass is 10.1. The number of benzene rings is 1. The van der Waals surface area contributed by atoms with Gasteiger partial charge in [0, 0.05) is 25.3 Å². The summed E-state index contributed by atoms with van der Waals surface area (Å²) in [5, 5.41) is 0.275. The molecule has 0 spiro atoms. The molecule has 1 atom stereocenters. The third-order valence-corrected chi connectivity index (χ3v) is 4.50. The van der Waals surface area contributed by atoms with Gasteiger partial charge in [-0.05, 0) is 18.9 Å². The molecule has 0 radical (unpaired) electrons. The Hall–Kier alpha value is -2.05. The van der Waals surface area contributed by atoms with Gasteiger partial charge in [0.15, 0.2) is 0 Å². The molecular formula is C18H25ClFN5. The second kappa shape index (κ2) is 8.87. The highest BCUT2D eigenvalue weighted by atomic mass is 35.5. The summed E-state index contributed by atoms with van der Waals surface area (Å²) in [5.41, 5.74) is 20.2. The zero-order valence-corrected chi connectivity index (χ0v) is 15.1. The van der Waals surface area contributed by atoms with E-state index in [9.17, 15) is 4.39 Å². The summed E-state index contributed by atoms with van der Waals surface area (Å²) in [6.07, 6.45) is -0.167. The maximum atomic E-state index is 13.2. The van der Waals surface area contributed by atoms with Gasteiger partial charge in [-0.25, -0.2) is 4.39 Å². The lowest BCUT2D eigenvalue weighted by Gasteiger charge is -2.14. The number of alkyl halides is 1. The van der Waals surface area contributed by atoms with E-state index in [1.807, 2.05) is 35.2 Å². The van der Waals surface area contributed by atoms with Crippen LogP contribution in [0.25, 0.3) is 5.70 Å². The number of allylic oxidation sites excluding steroid dienone is 1. The molecular weight excluding hydrogens is 341 g/mol. The van der Waals surface area contributed by atoms with E-state index in [-0.39, 0.29) is 10.9 Å². The minimum absolute atomic E-state index is 0.236. The van der Waals surface area contributed by atoms with Crippen molar-refractivity contribution in [3.8, 4) is 0 Å². The van der Waals surface area contributed by atoms with Crippen LogP contribution in [0.1, 0.15) is 18.9 Å². The molecule has 1 aromatic rings. The minimum Gasteiger partial charge on any atom is -0.402 e. The molecule has 0 aliphatic carbocycles. The van der Waals surface area contributed by atoms with Gasteiger partial charge < -0.3 is 17.2 Å². The number of hydrogen-bond donors (Lipinski definition) is 3. The highest BCUT2D eigenvalue weighted by Gasteiger charge is 2.21. The largest absolute Gasteiger partial charge is 0.402 e. The first-order valence-electron chi connectivity index (χ1n) is 8.24. The first-order chi connectivity index (χ1) is 11.9. The van der Waals surface area contributed by atoms with Crippen LogP contribution in [0.2, 0.25) is 0 Å². The highest BCUT2D eigenvalue weighted by molar-refractivity contribution is 6.38. The Morgan fingerprint density at radius 3 is 2.52 bits per heavy atom. The molecule has 1 aromatic carbocycles. The van der Waals surface area contributed by atoms with Crippen LogP contribution in [-0.2, 0) is 0 Å². The Kier molecular flexibility index (Phi) is 6.84. The van der Waals surface area contributed by atoms with Gasteiger partial charge >= 0.3 is 0 Å². The number of nitrogens with zero attached hydrogens (tertiary/aromatic N) is 2. The molecule has 0 bridgehead atoms. The first kappa shape index (κ1) is 19.3. The van der Waals surface area contributed by atoms with Crippen molar-refractivity contribution in [2.75, 3.05) is 26.2 Å². The fourth-order valence-electron chi connectivity index (χ4n) is 2.75. The van der Waals surface area contributed by atoms with Crippen LogP contribution in [-0.4, -0.2) is 43.1 Å². The molecule has 2 rings (SSSR count). The molecule has 1 saturated heterocycles. The molecule has 1 aliphatic heterocycles. The first-order valence-corrected chi connectivity index (χ1v) is 8.62. The van der Waals surface area contributed by atoms with Crippen molar-refractivity contribution in [2.45, 2.75) is 19.5 Å². The summed E-state index contributed by atoms with van der Waals surface area (Å²) in [7, 11) is 0. The van der Waals surface area contributed by atoms with Crippen molar-refractivity contribution in [1.82, 2.24) is 4.90 Å². The molecule has 1 heterocycles. The van der Waals surface area contributed by atoms with Crippen LogP contribution in [0.3, 0.4) is 0 Å². The van der Waals surface area contributed by atoms with E-state index < -0.39 is 6.17 Å². The fourth-order valence-corrected chi connectivity index (χ4v) is 3.10. The van der Waals surface area contributed by atoms with Crippen LogP contribution >= 0.6 is 11.6 Å². The number of halogens is 2. The second-order valence-electron chi connectivity index (χ2n) is 6.11. The molecule has 25 heavy (non-hydrogen) atoms. The van der Waals surface area contributed by atoms with Gasteiger partial charge in [0.1, 0.15) is 12.0 Å². The van der Waals surface area contributed by atoms with Gasteiger partial charge in [0.2, 0.25) is 0 Å². The molecule has 1 fully saturated rings. The minimum atomic E-state index is -0.744. The number of nitrogens with two attached hydrogens (primary N) is 3. The van der Waals surface area contributed by atoms with Crippen molar-refractivity contribution in [1.29, 1.82) is 0 Å². The van der Waals surface area contributed by atoms with Crippen LogP contribution in [0.15, 0.2) is 51.6 Å². The van der Waals surface area contributed by atoms with E-state index in [1.54, 1.807) is 6.92 Å². The van der Waals surface area contributed by atoms with E-state index in [1.165, 1.54) is 0 Å². The zero-order valence-electron chi connectivity index (χ0n) is 14.4. The monoisotopic (exact) mass is 365 g/mol. The Balaban J connectivity index is 2.14. The lowest BCUT2D eigenvalue weighted by molar-refractivity contribution is 0.293. The predicted molar refractivity (Wildman–Crippen MR) is 103 cm³/mol. The van der Waals surface area contributed by atoms with E-state index in [4.69, 9.17) is 28.8 Å². The topological polar surface area (TPSA) is 93.7 Å². The normalized spacial score (nSPS) is 21.1. The summed E-state index contributed by atoms with van der Waals surface area (Å²) in [5.74, 6) is 0.236. The Morgan fingerprint density at radius 1 is 1.28 bits per heavy atom. The van der Waals surface area contributed by atoms with Crippen molar-refractivity contribution >= 4 is 23.1 Å². The Bertz CT molecular complexity index is 680. The van der Waals surface area contributed by atoms with Gasteiger partial charge in [-0.2, -0.15) is 0 Å². The van der Waals surface area contributed by atoms with E-state index >= 15 is 0 Å². The van der Waals surface area contributed by atoms with Gasteiger partial charge in [0.05, 0.1) is 22.8 Å². The van der Waals surface area contributed by atoms with Crippen molar-refractivity contribution < 1.29 is 4.39 Å². The highest BCUT2D eigenvalue weighted by Crippen LogP contribution is 2.25. The van der Waals surface area contributed by atoms with Crippen molar-refractivity contribution in [2.24, 2.45) is 22.2 Å². The van der Waals surface area contributed by atoms with Gasteiger partial charge in [-0.3, -0.25) is 9.89 Å². The van der Waals surface area contributed by atoms with Crippen molar-refractivity contribution in [3.05, 3.63) is 52.2 Å². The van der Waals surface area contributed by atoms with Crippen LogP contribution < -0.4 is 17.2 Å². The molecule has 5 nitrogen and oxygen atoms in total. The predicted octanol–water partition coefficient (Wildman–Crippen LogP) is 2.19. The molecule has 1 unspecified atom stereocenters. The number of hydrogen-bond acceptors (Lipinski definition) is 4. The summed E-state index contributed by atoms with van der Waals surface area (Å²) >= 11 is 6.44. The quantitative estimate of drug-likeness (QED) is 0.409. The Morgan fingerprint density at radius 2 is 1.96 bits per heavy atom. The molecule has 0 aromatic heterocycles. The fraction of sp³-hybridized carbons (Fsp3) is 0.389. The Labute approximate surface area is 153 Å². The lowest BCUT2D eigenvalue weighted by Crippen LogP contribution is -2.26.